The fraction of sp³-hybridized carbons (Fsp3) is 0.412. The van der Waals surface area contributed by atoms with Gasteiger partial charge in [0.15, 0.2) is 5.69 Å². The Morgan fingerprint density at radius 1 is 1.12 bits per heavy atom. The maximum atomic E-state index is 14.4. The van der Waals surface area contributed by atoms with Crippen LogP contribution in [0, 0.1) is 18.3 Å². The lowest BCUT2D eigenvalue weighted by Gasteiger charge is -2.44. The smallest absolute Gasteiger partial charge is 0.274 e. The molecule has 0 bridgehead atoms. The van der Waals surface area contributed by atoms with E-state index in [1.807, 2.05) is 24.9 Å². The van der Waals surface area contributed by atoms with Crippen LogP contribution in [0.4, 0.5) is 0 Å². The second-order valence-corrected chi connectivity index (χ2v) is 12.1. The summed E-state index contributed by atoms with van der Waals surface area (Å²) in [7, 11) is 1.89. The molecule has 1 aromatic heterocycles. The predicted molar refractivity (Wildman–Crippen MR) is 161 cm³/mol. The summed E-state index contributed by atoms with van der Waals surface area (Å²) in [5.41, 5.74) is 6.16. The van der Waals surface area contributed by atoms with Crippen molar-refractivity contribution in [3.8, 4) is 0 Å². The zero-order chi connectivity index (χ0) is 28.3. The summed E-state index contributed by atoms with van der Waals surface area (Å²) < 4.78 is 7.92. The SMILES string of the molecule is Cc1cc(C(=O)N(C[C@@H]2CNCCO2)[C@@H](C2=CC(c3ccccc3)=CC2Cc2ccccc2)C(C)(C)C)nn1C. The zero-order valence-corrected chi connectivity index (χ0v) is 24.4. The van der Waals surface area contributed by atoms with Gasteiger partial charge >= 0.3 is 0 Å². The third-order valence-electron chi connectivity index (χ3n) is 7.98. The van der Waals surface area contributed by atoms with E-state index in [0.717, 1.165) is 25.2 Å². The van der Waals surface area contributed by atoms with Crippen LogP contribution < -0.4 is 5.32 Å². The summed E-state index contributed by atoms with van der Waals surface area (Å²) >= 11 is 0. The number of ether oxygens (including phenoxy) is 1. The summed E-state index contributed by atoms with van der Waals surface area (Å²) in [6.07, 6.45) is 5.52. The van der Waals surface area contributed by atoms with Crippen molar-refractivity contribution < 1.29 is 9.53 Å². The van der Waals surface area contributed by atoms with Gasteiger partial charge in [-0.25, -0.2) is 0 Å². The second-order valence-electron chi connectivity index (χ2n) is 12.1. The highest BCUT2D eigenvalue weighted by atomic mass is 16.5. The molecule has 1 aliphatic carbocycles. The quantitative estimate of drug-likeness (QED) is 0.414. The molecule has 210 valence electrons. The van der Waals surface area contributed by atoms with Crippen molar-refractivity contribution in [2.45, 2.75) is 46.3 Å². The largest absolute Gasteiger partial charge is 0.374 e. The number of nitrogens with one attached hydrogen (secondary N) is 1. The number of allylic oxidation sites excluding steroid dienone is 3. The van der Waals surface area contributed by atoms with Gasteiger partial charge in [0.25, 0.3) is 5.91 Å². The number of aryl methyl sites for hydroxylation is 2. The Hall–Kier alpha value is -3.48. The first kappa shape index (κ1) is 28.1. The molecule has 0 spiro atoms. The topological polar surface area (TPSA) is 59.4 Å². The first-order valence-electron chi connectivity index (χ1n) is 14.4. The Labute approximate surface area is 238 Å². The van der Waals surface area contributed by atoms with E-state index in [1.54, 1.807) is 4.68 Å². The van der Waals surface area contributed by atoms with Gasteiger partial charge in [-0.2, -0.15) is 5.10 Å². The van der Waals surface area contributed by atoms with Gasteiger partial charge in [-0.05, 0) is 47.1 Å². The van der Waals surface area contributed by atoms with E-state index in [1.165, 1.54) is 22.3 Å². The number of rotatable bonds is 8. The van der Waals surface area contributed by atoms with Crippen LogP contribution in [0.5, 0.6) is 0 Å². The van der Waals surface area contributed by atoms with E-state index in [-0.39, 0.29) is 29.4 Å². The van der Waals surface area contributed by atoms with Crippen LogP contribution >= 0.6 is 0 Å². The number of hydrogen-bond acceptors (Lipinski definition) is 4. The molecule has 2 aromatic carbocycles. The van der Waals surface area contributed by atoms with Crippen molar-refractivity contribution in [3.63, 3.8) is 0 Å². The molecule has 0 saturated carbocycles. The molecule has 3 aromatic rings. The fourth-order valence-electron chi connectivity index (χ4n) is 6.01. The monoisotopic (exact) mass is 538 g/mol. The number of amides is 1. The summed E-state index contributed by atoms with van der Waals surface area (Å²) in [6, 6.07) is 22.9. The number of hydrogen-bond donors (Lipinski definition) is 1. The molecule has 6 nitrogen and oxygen atoms in total. The molecule has 1 fully saturated rings. The Balaban J connectivity index is 1.59. The molecule has 1 aliphatic heterocycles. The summed E-state index contributed by atoms with van der Waals surface area (Å²) in [5.74, 6) is 0.110. The minimum atomic E-state index is -0.234. The van der Waals surface area contributed by atoms with Crippen molar-refractivity contribution in [2.75, 3.05) is 26.2 Å². The highest BCUT2D eigenvalue weighted by Crippen LogP contribution is 2.42. The van der Waals surface area contributed by atoms with Gasteiger partial charge in [-0.1, -0.05) is 93.6 Å². The number of aromatic nitrogens is 2. The zero-order valence-electron chi connectivity index (χ0n) is 24.4. The van der Waals surface area contributed by atoms with Gasteiger partial charge < -0.3 is 15.0 Å². The molecule has 1 N–H and O–H groups in total. The van der Waals surface area contributed by atoms with E-state index in [4.69, 9.17) is 4.74 Å². The van der Waals surface area contributed by atoms with Crippen LogP contribution in [-0.4, -0.2) is 59.0 Å². The Kier molecular flexibility index (Phi) is 8.38. The highest BCUT2D eigenvalue weighted by molar-refractivity contribution is 5.93. The first-order chi connectivity index (χ1) is 19.2. The Morgan fingerprint density at radius 2 is 1.82 bits per heavy atom. The molecule has 6 heteroatoms. The van der Waals surface area contributed by atoms with Gasteiger partial charge in [-0.3, -0.25) is 9.48 Å². The fourth-order valence-corrected chi connectivity index (χ4v) is 6.01. The maximum Gasteiger partial charge on any atom is 0.274 e. The predicted octanol–water partition coefficient (Wildman–Crippen LogP) is 5.46. The van der Waals surface area contributed by atoms with E-state index >= 15 is 0 Å². The van der Waals surface area contributed by atoms with Gasteiger partial charge in [-0.15, -0.1) is 0 Å². The second kappa shape index (κ2) is 11.9. The minimum absolute atomic E-state index is 0.0506. The van der Waals surface area contributed by atoms with E-state index in [9.17, 15) is 4.79 Å². The van der Waals surface area contributed by atoms with Crippen molar-refractivity contribution in [2.24, 2.45) is 18.4 Å². The molecule has 1 unspecified atom stereocenters. The van der Waals surface area contributed by atoms with Crippen LogP contribution in [0.25, 0.3) is 5.57 Å². The van der Waals surface area contributed by atoms with Crippen LogP contribution in [0.15, 0.2) is 84.5 Å². The molecule has 1 amide bonds. The average Bonchev–Trinajstić information content (AvgIpc) is 3.51. The van der Waals surface area contributed by atoms with Crippen molar-refractivity contribution in [1.29, 1.82) is 0 Å². The molecule has 3 atom stereocenters. The molecule has 1 saturated heterocycles. The molecule has 2 heterocycles. The van der Waals surface area contributed by atoms with Crippen LogP contribution in [0.2, 0.25) is 0 Å². The molecule has 5 rings (SSSR count). The number of nitrogens with zero attached hydrogens (tertiary/aromatic N) is 3. The summed E-state index contributed by atoms with van der Waals surface area (Å²) in [4.78, 5) is 16.4. The molecular weight excluding hydrogens is 496 g/mol. The first-order valence-corrected chi connectivity index (χ1v) is 14.4. The van der Waals surface area contributed by atoms with Gasteiger partial charge in [0.05, 0.1) is 18.8 Å². The third kappa shape index (κ3) is 6.29. The number of carbonyl (C=O) groups is 1. The number of benzene rings is 2. The van der Waals surface area contributed by atoms with E-state index in [2.05, 4.69) is 104 Å². The number of carbonyl (C=O) groups excluding carboxylic acids is 1. The molecule has 0 radical (unpaired) electrons. The van der Waals surface area contributed by atoms with Gasteiger partial charge in [0.2, 0.25) is 0 Å². The number of morpholine rings is 1. The minimum Gasteiger partial charge on any atom is -0.374 e. The van der Waals surface area contributed by atoms with Gasteiger partial charge in [0, 0.05) is 38.3 Å². The Morgan fingerprint density at radius 3 is 2.42 bits per heavy atom. The van der Waals surface area contributed by atoms with Crippen molar-refractivity contribution in [1.82, 2.24) is 20.0 Å². The normalized spacial score (nSPS) is 20.1. The molecular formula is C34H42N4O2. The van der Waals surface area contributed by atoms with Crippen molar-refractivity contribution in [3.05, 3.63) is 107 Å². The van der Waals surface area contributed by atoms with E-state index < -0.39 is 0 Å². The van der Waals surface area contributed by atoms with Crippen molar-refractivity contribution >= 4 is 11.5 Å². The summed E-state index contributed by atoms with van der Waals surface area (Å²) in [6.45, 7) is 11.4. The summed E-state index contributed by atoms with van der Waals surface area (Å²) in [5, 5.41) is 8.04. The lowest BCUT2D eigenvalue weighted by molar-refractivity contribution is -0.00800. The van der Waals surface area contributed by atoms with Gasteiger partial charge in [0.1, 0.15) is 0 Å². The average molecular weight is 539 g/mol. The van der Waals surface area contributed by atoms with Crippen LogP contribution in [0.3, 0.4) is 0 Å². The van der Waals surface area contributed by atoms with Crippen LogP contribution in [-0.2, 0) is 18.2 Å². The lowest BCUT2D eigenvalue weighted by Crippen LogP contribution is -2.55. The lowest BCUT2D eigenvalue weighted by atomic mass is 9.76. The molecule has 40 heavy (non-hydrogen) atoms. The Bertz CT molecular complexity index is 1340. The van der Waals surface area contributed by atoms with E-state index in [0.29, 0.717) is 18.8 Å². The molecule has 2 aliphatic rings. The van der Waals surface area contributed by atoms with Crippen LogP contribution in [0.1, 0.15) is 48.1 Å². The maximum absolute atomic E-state index is 14.4. The third-order valence-corrected chi connectivity index (χ3v) is 7.98. The standard InChI is InChI=1S/C34H42N4O2/c1-24-18-31(36-37(24)5)33(39)38(23-29-22-35-16-17-40-29)32(34(2,3)4)30-21-27(26-14-10-7-11-15-26)20-28(30)19-25-12-8-6-9-13-25/h6-15,18,20-21,28-29,32,35H,16-17,19,22-23H2,1-5H3/t28?,29-,32-/m0/s1. The highest BCUT2D eigenvalue weighted by Gasteiger charge is 2.42.